The van der Waals surface area contributed by atoms with E-state index < -0.39 is 7.82 Å². The molecule has 0 aromatic carbocycles. The molecule has 130 valence electrons. The fourth-order valence-electron chi connectivity index (χ4n) is 0. The van der Waals surface area contributed by atoms with Crippen molar-refractivity contribution in [2.45, 2.75) is 0 Å². The number of rotatable bonds is 0. The summed E-state index contributed by atoms with van der Waals surface area (Å²) in [5.41, 5.74) is 0. The van der Waals surface area contributed by atoms with Crippen molar-refractivity contribution in [1.29, 1.82) is 0 Å². The number of phosphoric acid groups is 1. The first kappa shape index (κ1) is 232. The molecule has 0 saturated heterocycles. The van der Waals surface area contributed by atoms with Crippen molar-refractivity contribution in [2.75, 3.05) is 0 Å². The quantitative estimate of drug-likeness (QED) is 0.281. The average molecular weight is 354 g/mol. The second kappa shape index (κ2) is 103. The van der Waals surface area contributed by atoms with Crippen molar-refractivity contribution >= 4 is 7.82 Å². The minimum atomic E-state index is -4.64. The Morgan fingerprint density at radius 3 is 0.500 bits per heavy atom. The molecule has 0 heterocycles. The maximum absolute atomic E-state index is 8.88. The van der Waals surface area contributed by atoms with Crippen LogP contribution in [0.2, 0.25) is 0 Å². The molecule has 0 aliphatic carbocycles. The summed E-state index contributed by atoms with van der Waals surface area (Å²) in [6.45, 7) is 0. The van der Waals surface area contributed by atoms with Crippen LogP contribution in [0.1, 0.15) is 1.43 Å². The van der Waals surface area contributed by atoms with Crippen molar-refractivity contribution in [3.05, 3.63) is 0 Å². The second-order valence-electron chi connectivity index (χ2n) is 0.513. The average Bonchev–Trinajstić information content (AvgIpc) is 0.722. The molecule has 18 heteroatoms. The van der Waals surface area contributed by atoms with E-state index in [1.54, 1.807) is 0 Å². The van der Waals surface area contributed by atoms with Gasteiger partial charge in [-0.05, 0) is 0 Å². The minimum Gasteiger partial charge on any atom is -1.00 e. The van der Waals surface area contributed by atoms with Gasteiger partial charge < -0.3 is 81.8 Å². The Bertz CT molecular complexity index is 62.9. The number of hydrogen-bond acceptors (Lipinski definition) is 1. The van der Waals surface area contributed by atoms with Crippen LogP contribution in [0, 0.1) is 0 Å². The molecule has 0 aromatic heterocycles. The molecular formula is H28KO16P. The van der Waals surface area contributed by atoms with Crippen LogP contribution >= 0.6 is 7.82 Å². The third-order valence-corrected chi connectivity index (χ3v) is 0. The maximum atomic E-state index is 8.88. The van der Waals surface area contributed by atoms with E-state index in [4.69, 9.17) is 19.2 Å². The van der Waals surface area contributed by atoms with E-state index in [0.29, 0.717) is 0 Å². The first-order chi connectivity index (χ1) is 2.00. The van der Waals surface area contributed by atoms with Gasteiger partial charge in [0.2, 0.25) is 0 Å². The van der Waals surface area contributed by atoms with Crippen LogP contribution in [0.4, 0.5) is 0 Å². The molecule has 0 spiro atoms. The van der Waals surface area contributed by atoms with Gasteiger partial charge >= 0.3 is 59.2 Å². The normalized spacial score (nSPS) is 3.28. The predicted molar refractivity (Wildman–Crippen MR) is 58.7 cm³/mol. The van der Waals surface area contributed by atoms with Gasteiger partial charge in [-0.15, -0.1) is 0 Å². The molecule has 0 aromatic rings. The summed E-state index contributed by atoms with van der Waals surface area (Å²) < 4.78 is 8.88. The van der Waals surface area contributed by atoms with Crippen LogP contribution in [-0.2, 0) is 4.57 Å². The van der Waals surface area contributed by atoms with E-state index in [2.05, 4.69) is 0 Å². The van der Waals surface area contributed by atoms with Crippen LogP contribution in [-0.4, -0.2) is 80.4 Å². The van der Waals surface area contributed by atoms with Gasteiger partial charge in [-0.1, -0.05) is 0 Å². The van der Waals surface area contributed by atoms with Crippen molar-refractivity contribution < 1.29 is 138 Å². The molecule has 0 atom stereocenters. The van der Waals surface area contributed by atoms with Crippen LogP contribution in [0.3, 0.4) is 0 Å². The Hall–Kier alpha value is 1.27. The summed E-state index contributed by atoms with van der Waals surface area (Å²) in [7, 11) is -4.64. The largest absolute Gasteiger partial charge is 1.00 e. The predicted octanol–water partition coefficient (Wildman–Crippen LogP) is -13.7. The molecule has 0 radical (unpaired) electrons. The molecule has 0 aliphatic heterocycles. The van der Waals surface area contributed by atoms with Crippen molar-refractivity contribution in [1.82, 2.24) is 0 Å². The first-order valence-corrected chi connectivity index (χ1v) is 2.35. The second-order valence-corrected chi connectivity index (χ2v) is 1.54. The van der Waals surface area contributed by atoms with Crippen molar-refractivity contribution in [2.24, 2.45) is 0 Å². The molecule has 0 unspecified atom stereocenters. The van der Waals surface area contributed by atoms with Gasteiger partial charge in [-0.3, -0.25) is 0 Å². The summed E-state index contributed by atoms with van der Waals surface area (Å²) in [5, 5.41) is 0. The SMILES string of the molecule is O.O.O.O.O.O.O.O.O.O.O.O.O=P(O)(O)O.[H-].[K+]. The van der Waals surface area contributed by atoms with Crippen LogP contribution < -0.4 is 51.4 Å². The summed E-state index contributed by atoms with van der Waals surface area (Å²) in [6, 6.07) is 0. The van der Waals surface area contributed by atoms with E-state index in [0.717, 1.165) is 0 Å². The zero-order valence-corrected chi connectivity index (χ0v) is 13.2. The topological polar surface area (TPSA) is 456 Å². The van der Waals surface area contributed by atoms with Crippen LogP contribution in [0.15, 0.2) is 0 Å². The van der Waals surface area contributed by atoms with Gasteiger partial charge in [0.05, 0.1) is 0 Å². The van der Waals surface area contributed by atoms with Crippen LogP contribution in [0.25, 0.3) is 0 Å². The monoisotopic (exact) mass is 354 g/mol. The Morgan fingerprint density at radius 2 is 0.500 bits per heavy atom. The molecule has 0 aliphatic rings. The Morgan fingerprint density at radius 1 is 0.500 bits per heavy atom. The van der Waals surface area contributed by atoms with Crippen LogP contribution in [0.5, 0.6) is 0 Å². The molecular weight excluding hydrogens is 326 g/mol. The van der Waals surface area contributed by atoms with Gasteiger partial charge in [-0.25, -0.2) is 4.57 Å². The molecule has 0 rings (SSSR count). The van der Waals surface area contributed by atoms with E-state index in [1.165, 1.54) is 0 Å². The molecule has 0 fully saturated rings. The fourth-order valence-corrected chi connectivity index (χ4v) is 0. The van der Waals surface area contributed by atoms with Gasteiger partial charge in [-0.2, -0.15) is 0 Å². The zero-order chi connectivity index (χ0) is 4.50. The summed E-state index contributed by atoms with van der Waals surface area (Å²) in [5.74, 6) is 0. The summed E-state index contributed by atoms with van der Waals surface area (Å²) >= 11 is 0. The maximum Gasteiger partial charge on any atom is 1.00 e. The molecule has 16 nitrogen and oxygen atoms in total. The molecule has 18 heavy (non-hydrogen) atoms. The van der Waals surface area contributed by atoms with Gasteiger partial charge in [0, 0.05) is 0 Å². The number of hydrogen-bond donors (Lipinski definition) is 3. The smallest absolute Gasteiger partial charge is 1.00 e. The van der Waals surface area contributed by atoms with Gasteiger partial charge in [0.25, 0.3) is 0 Å². The standard InChI is InChI=1S/K.H3O4P.12H2O.H/c;1-5(2,3)4;;;;;;;;;;;;;/h;(H3,1,2,3,4);12*1H2;/q+1;;;;;;;;;;;;;;-1. The Kier molecular flexibility index (Phi) is 1330. The van der Waals surface area contributed by atoms with E-state index >= 15 is 0 Å². The van der Waals surface area contributed by atoms with Gasteiger partial charge in [0.1, 0.15) is 0 Å². The Labute approximate surface area is 144 Å². The van der Waals surface area contributed by atoms with Crippen molar-refractivity contribution in [3.8, 4) is 0 Å². The molecule has 0 saturated carbocycles. The summed E-state index contributed by atoms with van der Waals surface area (Å²) in [6.07, 6.45) is 0. The molecule has 0 amide bonds. The van der Waals surface area contributed by atoms with E-state index in [1.807, 2.05) is 0 Å². The first-order valence-electron chi connectivity index (χ1n) is 0.783. The third kappa shape index (κ3) is 2850. The van der Waals surface area contributed by atoms with Crippen molar-refractivity contribution in [3.63, 3.8) is 0 Å². The third-order valence-electron chi connectivity index (χ3n) is 0. The molecule has 27 N–H and O–H groups in total. The van der Waals surface area contributed by atoms with E-state index in [9.17, 15) is 0 Å². The minimum absolute atomic E-state index is 0. The van der Waals surface area contributed by atoms with E-state index in [-0.39, 0.29) is 119 Å². The summed E-state index contributed by atoms with van der Waals surface area (Å²) in [4.78, 5) is 21.6. The molecule has 0 bridgehead atoms. The Balaban J connectivity index is -0.000000000879. The fraction of sp³-hybridized carbons (Fsp3) is 0. The van der Waals surface area contributed by atoms with Gasteiger partial charge in [0.15, 0.2) is 0 Å². The zero-order valence-electron chi connectivity index (χ0n) is 10.2.